The number of fused-ring (bicyclic) bond motifs is 1. The number of hydrogen-bond acceptors (Lipinski definition) is 5. The monoisotopic (exact) mass is 476 g/mol. The molecule has 3 aromatic rings. The van der Waals surface area contributed by atoms with Gasteiger partial charge in [-0.25, -0.2) is 9.67 Å². The fraction of sp³-hybridized carbons (Fsp3) is 0.593. The van der Waals surface area contributed by atoms with Gasteiger partial charge in [0.05, 0.1) is 6.54 Å². The predicted molar refractivity (Wildman–Crippen MR) is 135 cm³/mol. The van der Waals surface area contributed by atoms with Gasteiger partial charge in [0.15, 0.2) is 11.2 Å². The van der Waals surface area contributed by atoms with Crippen molar-refractivity contribution in [3.8, 4) is 0 Å². The number of likely N-dealkylation sites (tertiary alicyclic amines) is 1. The van der Waals surface area contributed by atoms with E-state index < -0.39 is 0 Å². The minimum atomic E-state index is -0.270. The van der Waals surface area contributed by atoms with Gasteiger partial charge in [-0.3, -0.25) is 9.59 Å². The Labute approximate surface area is 206 Å². The number of carbonyl (C=O) groups is 1. The summed E-state index contributed by atoms with van der Waals surface area (Å²) in [6, 6.07) is 8.47. The largest absolute Gasteiger partial charge is 0.342 e. The maximum atomic E-state index is 12.9. The number of benzene rings is 1. The van der Waals surface area contributed by atoms with Gasteiger partial charge in [0.25, 0.3) is 5.56 Å². The van der Waals surface area contributed by atoms with E-state index in [1.165, 1.54) is 31.2 Å². The van der Waals surface area contributed by atoms with Crippen molar-refractivity contribution in [2.75, 3.05) is 13.1 Å². The van der Waals surface area contributed by atoms with Crippen LogP contribution in [-0.4, -0.2) is 48.9 Å². The van der Waals surface area contributed by atoms with Crippen LogP contribution in [0, 0.1) is 5.92 Å². The molecule has 0 spiro atoms. The van der Waals surface area contributed by atoms with Gasteiger partial charge in [0.2, 0.25) is 5.91 Å². The lowest BCUT2D eigenvalue weighted by Gasteiger charge is -2.33. The third kappa shape index (κ3) is 5.16. The molecule has 1 saturated carbocycles. The quantitative estimate of drug-likeness (QED) is 0.597. The first-order valence-corrected chi connectivity index (χ1v) is 13.0. The molecule has 1 aliphatic carbocycles. The van der Waals surface area contributed by atoms with Crippen LogP contribution in [0.15, 0.2) is 29.1 Å². The Morgan fingerprint density at radius 1 is 1.09 bits per heavy atom. The average molecular weight is 477 g/mol. The average Bonchev–Trinajstić information content (AvgIpc) is 3.49. The zero-order valence-electron chi connectivity index (χ0n) is 21.1. The summed E-state index contributed by atoms with van der Waals surface area (Å²) < 4.78 is 1.70. The van der Waals surface area contributed by atoms with Gasteiger partial charge in [0.1, 0.15) is 5.82 Å². The highest BCUT2D eigenvalue weighted by molar-refractivity contribution is 5.76. The Bertz CT molecular complexity index is 1250. The summed E-state index contributed by atoms with van der Waals surface area (Å²) in [5, 5.41) is 8.33. The molecule has 1 amide bonds. The molecule has 186 valence electrons. The highest BCUT2D eigenvalue weighted by Gasteiger charge is 2.29. The number of nitrogens with zero attached hydrogens (tertiary/aromatic N) is 5. The Kier molecular flexibility index (Phi) is 6.47. The van der Waals surface area contributed by atoms with Crippen LogP contribution in [0.5, 0.6) is 0 Å². The van der Waals surface area contributed by atoms with E-state index in [-0.39, 0.29) is 28.3 Å². The van der Waals surface area contributed by atoms with E-state index in [0.717, 1.165) is 24.9 Å². The molecule has 0 radical (unpaired) electrons. The molecule has 8 nitrogen and oxygen atoms in total. The van der Waals surface area contributed by atoms with E-state index in [9.17, 15) is 9.59 Å². The van der Waals surface area contributed by atoms with Crippen molar-refractivity contribution >= 4 is 17.1 Å². The lowest BCUT2D eigenvalue weighted by Crippen LogP contribution is -2.40. The van der Waals surface area contributed by atoms with Crippen molar-refractivity contribution in [2.24, 2.45) is 5.92 Å². The van der Waals surface area contributed by atoms with Crippen molar-refractivity contribution < 1.29 is 4.79 Å². The number of amides is 1. The second kappa shape index (κ2) is 9.55. The van der Waals surface area contributed by atoms with Gasteiger partial charge in [-0.15, -0.1) is 5.10 Å². The number of carbonyl (C=O) groups excluding carboxylic acids is 1. The third-order valence-electron chi connectivity index (χ3n) is 7.64. The third-order valence-corrected chi connectivity index (χ3v) is 7.64. The Morgan fingerprint density at radius 3 is 2.54 bits per heavy atom. The summed E-state index contributed by atoms with van der Waals surface area (Å²) in [6.07, 6.45) is 7.30. The molecule has 2 aliphatic rings. The van der Waals surface area contributed by atoms with E-state index in [0.29, 0.717) is 36.9 Å². The molecule has 2 aromatic heterocycles. The second-order valence-corrected chi connectivity index (χ2v) is 11.4. The number of aromatic amines is 1. The van der Waals surface area contributed by atoms with Crippen LogP contribution >= 0.6 is 0 Å². The van der Waals surface area contributed by atoms with E-state index >= 15 is 0 Å². The van der Waals surface area contributed by atoms with E-state index in [1.807, 2.05) is 4.90 Å². The molecule has 1 atom stereocenters. The van der Waals surface area contributed by atoms with Crippen molar-refractivity contribution in [2.45, 2.75) is 83.6 Å². The fourth-order valence-electron chi connectivity index (χ4n) is 5.48. The maximum Gasteiger partial charge on any atom is 0.281 e. The summed E-state index contributed by atoms with van der Waals surface area (Å²) in [5.74, 6) is 1.43. The topological polar surface area (TPSA) is 96.8 Å². The molecule has 0 bridgehead atoms. The summed E-state index contributed by atoms with van der Waals surface area (Å²) in [6.45, 7) is 8.47. The minimum absolute atomic E-state index is 0.0165. The Morgan fingerprint density at radius 2 is 1.83 bits per heavy atom. The lowest BCUT2D eigenvalue weighted by molar-refractivity contribution is -0.133. The molecule has 1 aromatic carbocycles. The SMILES string of the molecule is CC(C)(C)c1ccc(Cn2nnc3c(=O)[nH]c(C4CCCN(C(=O)CC5CCCC5)C4)nc32)cc1. The van der Waals surface area contributed by atoms with E-state index in [2.05, 4.69) is 60.3 Å². The number of rotatable bonds is 5. The number of nitrogens with one attached hydrogen (secondary N) is 1. The molecule has 5 rings (SSSR count). The van der Waals surface area contributed by atoms with Crippen LogP contribution in [0.4, 0.5) is 0 Å². The van der Waals surface area contributed by atoms with Gasteiger partial charge in [-0.05, 0) is 48.1 Å². The first-order chi connectivity index (χ1) is 16.8. The molecular weight excluding hydrogens is 440 g/mol. The number of aromatic nitrogens is 5. The maximum absolute atomic E-state index is 12.9. The van der Waals surface area contributed by atoms with Gasteiger partial charge in [0, 0.05) is 25.4 Å². The molecule has 2 fully saturated rings. The number of hydrogen-bond donors (Lipinski definition) is 1. The standard InChI is InChI=1S/C27H36N6O2/c1-27(2,3)21-12-10-19(11-13-21)16-33-25-23(30-31-33)26(35)29-24(28-25)20-9-6-14-32(17-20)22(34)15-18-7-4-5-8-18/h10-13,18,20H,4-9,14-17H2,1-3H3,(H,28,29,35). The van der Waals surface area contributed by atoms with Gasteiger partial charge < -0.3 is 9.88 Å². The number of H-pyrrole nitrogens is 1. The zero-order valence-corrected chi connectivity index (χ0v) is 21.1. The summed E-state index contributed by atoms with van der Waals surface area (Å²) >= 11 is 0. The highest BCUT2D eigenvalue weighted by atomic mass is 16.2. The molecule has 8 heteroatoms. The van der Waals surface area contributed by atoms with Crippen LogP contribution in [-0.2, 0) is 16.8 Å². The minimum Gasteiger partial charge on any atom is -0.342 e. The summed E-state index contributed by atoms with van der Waals surface area (Å²) in [4.78, 5) is 35.5. The van der Waals surface area contributed by atoms with Crippen LogP contribution in [0.2, 0.25) is 0 Å². The van der Waals surface area contributed by atoms with Crippen LogP contribution in [0.3, 0.4) is 0 Å². The van der Waals surface area contributed by atoms with Gasteiger partial charge >= 0.3 is 0 Å². The first kappa shape index (κ1) is 23.7. The predicted octanol–water partition coefficient (Wildman–Crippen LogP) is 4.15. The van der Waals surface area contributed by atoms with E-state index in [4.69, 9.17) is 4.98 Å². The molecule has 3 heterocycles. The van der Waals surface area contributed by atoms with Crippen molar-refractivity contribution in [1.29, 1.82) is 0 Å². The Hall–Kier alpha value is -3.03. The Balaban J connectivity index is 1.35. The highest BCUT2D eigenvalue weighted by Crippen LogP contribution is 2.30. The molecular formula is C27H36N6O2. The normalized spacial score (nSPS) is 19.5. The van der Waals surface area contributed by atoms with E-state index in [1.54, 1.807) is 4.68 Å². The molecule has 1 N–H and O–H groups in total. The summed E-state index contributed by atoms with van der Waals surface area (Å²) in [7, 11) is 0. The summed E-state index contributed by atoms with van der Waals surface area (Å²) in [5.41, 5.74) is 2.92. The van der Waals surface area contributed by atoms with Crippen LogP contribution < -0.4 is 5.56 Å². The van der Waals surface area contributed by atoms with Crippen LogP contribution in [0.1, 0.15) is 88.6 Å². The van der Waals surface area contributed by atoms with Gasteiger partial charge in [-0.2, -0.15) is 0 Å². The first-order valence-electron chi connectivity index (χ1n) is 13.0. The second-order valence-electron chi connectivity index (χ2n) is 11.4. The van der Waals surface area contributed by atoms with Crippen molar-refractivity contribution in [1.82, 2.24) is 29.9 Å². The molecule has 1 aliphatic heterocycles. The zero-order chi connectivity index (χ0) is 24.6. The fourth-order valence-corrected chi connectivity index (χ4v) is 5.48. The number of piperidine rings is 1. The van der Waals surface area contributed by atoms with Crippen molar-refractivity contribution in [3.05, 3.63) is 51.6 Å². The molecule has 1 unspecified atom stereocenters. The van der Waals surface area contributed by atoms with Gasteiger partial charge in [-0.1, -0.05) is 63.1 Å². The van der Waals surface area contributed by atoms with Crippen LogP contribution in [0.25, 0.3) is 11.2 Å². The van der Waals surface area contributed by atoms with Crippen molar-refractivity contribution in [3.63, 3.8) is 0 Å². The smallest absolute Gasteiger partial charge is 0.281 e. The molecule has 35 heavy (non-hydrogen) atoms. The molecule has 1 saturated heterocycles. The lowest BCUT2D eigenvalue weighted by atomic mass is 9.87.